The minimum absolute atomic E-state index is 0.0312. The zero-order valence-corrected chi connectivity index (χ0v) is 10.4. The van der Waals surface area contributed by atoms with Crippen molar-refractivity contribution in [2.45, 2.75) is 12.7 Å². The van der Waals surface area contributed by atoms with Gasteiger partial charge in [-0.3, -0.25) is 0 Å². The molecular weight excluding hydrogens is 287 g/mol. The standard InChI is InChI=1S/C10H7ClF3N3S/c11-7-1-6(10(12,13)14)2-8(3-7)15-4-9-5-18-17-16-9/h1-3,5,15H,4H2. The highest BCUT2D eigenvalue weighted by Gasteiger charge is 2.31. The van der Waals surface area contributed by atoms with Gasteiger partial charge in [0.15, 0.2) is 0 Å². The Morgan fingerprint density at radius 1 is 1.28 bits per heavy atom. The van der Waals surface area contributed by atoms with E-state index in [1.807, 2.05) is 0 Å². The van der Waals surface area contributed by atoms with Crippen LogP contribution in [0.4, 0.5) is 18.9 Å². The monoisotopic (exact) mass is 293 g/mol. The van der Waals surface area contributed by atoms with Gasteiger partial charge in [0.25, 0.3) is 0 Å². The first-order chi connectivity index (χ1) is 8.45. The Morgan fingerprint density at radius 2 is 2.06 bits per heavy atom. The molecule has 0 amide bonds. The van der Waals surface area contributed by atoms with Gasteiger partial charge in [-0.05, 0) is 29.7 Å². The Bertz CT molecular complexity index is 528. The molecule has 0 aliphatic heterocycles. The average molecular weight is 294 g/mol. The predicted molar refractivity (Wildman–Crippen MR) is 63.7 cm³/mol. The highest BCUT2D eigenvalue weighted by molar-refractivity contribution is 7.03. The van der Waals surface area contributed by atoms with E-state index in [0.29, 0.717) is 17.9 Å². The number of hydrogen-bond acceptors (Lipinski definition) is 4. The second-order valence-corrected chi connectivity index (χ2v) is 4.52. The zero-order chi connectivity index (χ0) is 13.2. The molecule has 1 N–H and O–H groups in total. The topological polar surface area (TPSA) is 37.8 Å². The van der Waals surface area contributed by atoms with Gasteiger partial charge in [-0.1, -0.05) is 16.1 Å². The molecule has 0 fully saturated rings. The summed E-state index contributed by atoms with van der Waals surface area (Å²) < 4.78 is 41.3. The average Bonchev–Trinajstić information content (AvgIpc) is 2.77. The number of rotatable bonds is 3. The lowest BCUT2D eigenvalue weighted by molar-refractivity contribution is -0.137. The van der Waals surface area contributed by atoms with Gasteiger partial charge in [-0.15, -0.1) is 5.10 Å². The molecule has 3 nitrogen and oxygen atoms in total. The van der Waals surface area contributed by atoms with Crippen molar-refractivity contribution >= 4 is 28.8 Å². The Kier molecular flexibility index (Phi) is 3.72. The highest BCUT2D eigenvalue weighted by atomic mass is 35.5. The number of benzene rings is 1. The fraction of sp³-hybridized carbons (Fsp3) is 0.200. The number of halogens is 4. The van der Waals surface area contributed by atoms with Crippen molar-refractivity contribution in [2.24, 2.45) is 0 Å². The molecule has 0 aliphatic carbocycles. The summed E-state index contributed by atoms with van der Waals surface area (Å²) >= 11 is 6.83. The zero-order valence-electron chi connectivity index (χ0n) is 8.83. The number of alkyl halides is 3. The summed E-state index contributed by atoms with van der Waals surface area (Å²) in [6, 6.07) is 3.32. The lowest BCUT2D eigenvalue weighted by Gasteiger charge is -2.10. The minimum atomic E-state index is -4.41. The first-order valence-electron chi connectivity index (χ1n) is 4.83. The van der Waals surface area contributed by atoms with Crippen LogP contribution in [-0.2, 0) is 12.7 Å². The van der Waals surface area contributed by atoms with E-state index in [1.165, 1.54) is 17.6 Å². The van der Waals surface area contributed by atoms with Crippen molar-refractivity contribution in [3.05, 3.63) is 39.9 Å². The van der Waals surface area contributed by atoms with E-state index in [-0.39, 0.29) is 5.02 Å². The molecule has 96 valence electrons. The summed E-state index contributed by atoms with van der Waals surface area (Å²) in [5.41, 5.74) is 0.172. The van der Waals surface area contributed by atoms with Crippen LogP contribution in [0.1, 0.15) is 11.3 Å². The molecule has 1 aromatic carbocycles. The van der Waals surface area contributed by atoms with Crippen LogP contribution in [0.5, 0.6) is 0 Å². The molecule has 2 aromatic rings. The van der Waals surface area contributed by atoms with Crippen LogP contribution in [0, 0.1) is 0 Å². The number of nitrogens with one attached hydrogen (secondary N) is 1. The van der Waals surface area contributed by atoms with Crippen molar-refractivity contribution in [3.8, 4) is 0 Å². The van der Waals surface area contributed by atoms with Gasteiger partial charge in [0.2, 0.25) is 0 Å². The molecule has 18 heavy (non-hydrogen) atoms. The van der Waals surface area contributed by atoms with Crippen molar-refractivity contribution < 1.29 is 13.2 Å². The lowest BCUT2D eigenvalue weighted by Crippen LogP contribution is -2.07. The lowest BCUT2D eigenvalue weighted by atomic mass is 10.2. The summed E-state index contributed by atoms with van der Waals surface area (Å²) in [6.45, 7) is 0.300. The second-order valence-electron chi connectivity index (χ2n) is 3.48. The fourth-order valence-corrected chi connectivity index (χ4v) is 2.00. The van der Waals surface area contributed by atoms with Gasteiger partial charge >= 0.3 is 6.18 Å². The molecule has 0 saturated carbocycles. The maximum absolute atomic E-state index is 12.6. The quantitative estimate of drug-likeness (QED) is 0.935. The summed E-state index contributed by atoms with van der Waals surface area (Å²) in [6.07, 6.45) is -4.41. The number of hydrogen-bond donors (Lipinski definition) is 1. The number of aromatic nitrogens is 2. The summed E-state index contributed by atoms with van der Waals surface area (Å²) in [5, 5.41) is 8.34. The van der Waals surface area contributed by atoms with Crippen LogP contribution in [-0.4, -0.2) is 9.59 Å². The molecule has 1 aromatic heterocycles. The van der Waals surface area contributed by atoms with E-state index in [4.69, 9.17) is 11.6 Å². The molecule has 1 heterocycles. The van der Waals surface area contributed by atoms with Crippen molar-refractivity contribution in [2.75, 3.05) is 5.32 Å². The largest absolute Gasteiger partial charge is 0.416 e. The van der Waals surface area contributed by atoms with Gasteiger partial charge in [-0.2, -0.15) is 13.2 Å². The molecule has 0 aliphatic rings. The van der Waals surface area contributed by atoms with Crippen LogP contribution >= 0.6 is 23.1 Å². The number of nitrogens with zero attached hydrogens (tertiary/aromatic N) is 2. The van der Waals surface area contributed by atoms with Crippen LogP contribution in [0.15, 0.2) is 23.6 Å². The minimum Gasteiger partial charge on any atom is -0.379 e. The third-order valence-electron chi connectivity index (χ3n) is 2.10. The Labute approximate surface area is 110 Å². The molecule has 0 bridgehead atoms. The Morgan fingerprint density at radius 3 is 2.67 bits per heavy atom. The smallest absolute Gasteiger partial charge is 0.379 e. The molecule has 8 heteroatoms. The normalized spacial score (nSPS) is 11.6. The van der Waals surface area contributed by atoms with E-state index < -0.39 is 11.7 Å². The molecular formula is C10H7ClF3N3S. The van der Waals surface area contributed by atoms with Gasteiger partial charge < -0.3 is 5.32 Å². The van der Waals surface area contributed by atoms with E-state index in [0.717, 1.165) is 12.1 Å². The third-order valence-corrected chi connectivity index (χ3v) is 2.88. The second kappa shape index (κ2) is 5.11. The van der Waals surface area contributed by atoms with Crippen LogP contribution in [0.3, 0.4) is 0 Å². The van der Waals surface area contributed by atoms with Crippen molar-refractivity contribution in [1.82, 2.24) is 9.59 Å². The maximum atomic E-state index is 12.6. The number of anilines is 1. The summed E-state index contributed by atoms with van der Waals surface area (Å²) in [7, 11) is 0. The van der Waals surface area contributed by atoms with Crippen LogP contribution < -0.4 is 5.32 Å². The van der Waals surface area contributed by atoms with Gasteiger partial charge in [0, 0.05) is 16.1 Å². The molecule has 0 spiro atoms. The van der Waals surface area contributed by atoms with Gasteiger partial charge in [0.1, 0.15) is 0 Å². The SMILES string of the molecule is FC(F)(F)c1cc(Cl)cc(NCc2csnn2)c1. The van der Waals surface area contributed by atoms with Crippen LogP contribution in [0.2, 0.25) is 5.02 Å². The first kappa shape index (κ1) is 13.1. The van der Waals surface area contributed by atoms with E-state index >= 15 is 0 Å². The van der Waals surface area contributed by atoms with Crippen LogP contribution in [0.25, 0.3) is 0 Å². The molecule has 0 atom stereocenters. The molecule has 0 unspecified atom stereocenters. The summed E-state index contributed by atoms with van der Waals surface area (Å²) in [5.74, 6) is 0. The first-order valence-corrected chi connectivity index (χ1v) is 6.04. The van der Waals surface area contributed by atoms with Crippen molar-refractivity contribution in [1.29, 1.82) is 0 Å². The third kappa shape index (κ3) is 3.33. The highest BCUT2D eigenvalue weighted by Crippen LogP contribution is 2.33. The molecule has 0 saturated heterocycles. The fourth-order valence-electron chi connectivity index (χ4n) is 1.31. The van der Waals surface area contributed by atoms with Gasteiger partial charge in [0.05, 0.1) is 17.8 Å². The van der Waals surface area contributed by atoms with Gasteiger partial charge in [-0.25, -0.2) is 0 Å². The molecule has 0 radical (unpaired) electrons. The predicted octanol–water partition coefficient (Wildman–Crippen LogP) is 3.82. The maximum Gasteiger partial charge on any atom is 0.416 e. The Hall–Kier alpha value is -1.34. The summed E-state index contributed by atoms with van der Waals surface area (Å²) in [4.78, 5) is 0. The molecule has 2 rings (SSSR count). The van der Waals surface area contributed by atoms with E-state index in [2.05, 4.69) is 14.9 Å². The van der Waals surface area contributed by atoms with Crippen molar-refractivity contribution in [3.63, 3.8) is 0 Å². The Balaban J connectivity index is 2.15. The van der Waals surface area contributed by atoms with E-state index in [9.17, 15) is 13.2 Å². The van der Waals surface area contributed by atoms with E-state index in [1.54, 1.807) is 5.38 Å².